The summed E-state index contributed by atoms with van der Waals surface area (Å²) in [5, 5.41) is 2.83. The van der Waals surface area contributed by atoms with Crippen molar-refractivity contribution in [3.63, 3.8) is 0 Å². The van der Waals surface area contributed by atoms with Gasteiger partial charge in [-0.3, -0.25) is 9.63 Å². The van der Waals surface area contributed by atoms with E-state index < -0.39 is 0 Å². The first kappa shape index (κ1) is 8.16. The summed E-state index contributed by atoms with van der Waals surface area (Å²) in [5.74, 6) is -0.179. The van der Waals surface area contributed by atoms with Crippen LogP contribution in [0.25, 0.3) is 0 Å². The van der Waals surface area contributed by atoms with Gasteiger partial charge in [0.2, 0.25) is 0 Å². The van der Waals surface area contributed by atoms with Crippen LogP contribution in [-0.2, 0) is 4.84 Å². The molecule has 0 fully saturated rings. The smallest absolute Gasteiger partial charge is 0.274 e. The van der Waals surface area contributed by atoms with E-state index in [1.54, 1.807) is 12.4 Å². The highest BCUT2D eigenvalue weighted by molar-refractivity contribution is 7.03. The number of carbonyl (C=O) groups excluding carboxylic acids is 1. The highest BCUT2D eigenvalue weighted by Crippen LogP contribution is 2.04. The highest BCUT2D eigenvalue weighted by atomic mass is 32.1. The summed E-state index contributed by atoms with van der Waals surface area (Å²) < 4.78 is 3.80. The molecule has 0 aliphatic carbocycles. The Labute approximate surface area is 68.5 Å². The van der Waals surface area contributed by atoms with E-state index in [1.165, 1.54) is 24.8 Å². The van der Waals surface area contributed by atoms with Crippen LogP contribution in [0.4, 0.5) is 0 Å². The van der Waals surface area contributed by atoms with Crippen LogP contribution in [0.15, 0.2) is 11.6 Å². The molecule has 0 radical (unpaired) electrons. The fourth-order valence-electron chi connectivity index (χ4n) is 0.575. The third-order valence-electron chi connectivity index (χ3n) is 1.24. The Morgan fingerprint density at radius 1 is 1.82 bits per heavy atom. The molecule has 0 saturated carbocycles. The van der Waals surface area contributed by atoms with Gasteiger partial charge in [-0.2, -0.15) is 0 Å². The molecular weight excluding hydrogens is 164 g/mol. The van der Waals surface area contributed by atoms with Crippen LogP contribution in [0.2, 0.25) is 0 Å². The van der Waals surface area contributed by atoms with Crippen molar-refractivity contribution in [1.29, 1.82) is 0 Å². The number of hydrogen-bond acceptors (Lipinski definition) is 4. The fourth-order valence-corrected chi connectivity index (χ4v) is 1.09. The first-order valence-corrected chi connectivity index (χ1v) is 3.81. The number of rotatable bonds is 2. The topological polar surface area (TPSA) is 42.4 Å². The van der Waals surface area contributed by atoms with Crippen molar-refractivity contribution < 1.29 is 9.63 Å². The van der Waals surface area contributed by atoms with Gasteiger partial charge in [0.1, 0.15) is 0 Å². The average molecular weight is 172 g/mol. The maximum Gasteiger partial charge on any atom is 0.279 e. The van der Waals surface area contributed by atoms with E-state index in [1.807, 2.05) is 0 Å². The minimum Gasteiger partial charge on any atom is -0.274 e. The third kappa shape index (κ3) is 1.75. The summed E-state index contributed by atoms with van der Waals surface area (Å²) in [6.07, 6.45) is 1.52. The molecule has 0 bridgehead atoms. The molecule has 0 aromatic carbocycles. The Hall–Kier alpha value is -0.940. The summed E-state index contributed by atoms with van der Waals surface area (Å²) >= 11 is 1.24. The monoisotopic (exact) mass is 172 g/mol. The number of aromatic nitrogens is 1. The Kier molecular flexibility index (Phi) is 2.56. The van der Waals surface area contributed by atoms with Crippen LogP contribution < -0.4 is 0 Å². The van der Waals surface area contributed by atoms with Gasteiger partial charge in [-0.1, -0.05) is 0 Å². The van der Waals surface area contributed by atoms with Crippen molar-refractivity contribution >= 4 is 17.4 Å². The summed E-state index contributed by atoms with van der Waals surface area (Å²) in [4.78, 5) is 15.9. The number of hydrogen-bond donors (Lipinski definition) is 0. The average Bonchev–Trinajstić information content (AvgIpc) is 2.53. The number of carbonyl (C=O) groups is 1. The molecule has 4 nitrogen and oxygen atoms in total. The van der Waals surface area contributed by atoms with E-state index in [2.05, 4.69) is 4.37 Å². The minimum atomic E-state index is -0.179. The molecule has 60 valence electrons. The maximum atomic E-state index is 11.2. The molecule has 5 heteroatoms. The molecule has 0 unspecified atom stereocenters. The molecule has 0 aliphatic rings. The van der Waals surface area contributed by atoms with Gasteiger partial charge in [0.15, 0.2) is 0 Å². The highest BCUT2D eigenvalue weighted by Gasteiger charge is 2.11. The van der Waals surface area contributed by atoms with Gasteiger partial charge in [0.05, 0.1) is 18.9 Å². The molecule has 1 aromatic rings. The molecule has 1 heterocycles. The number of nitrogens with zero attached hydrogens (tertiary/aromatic N) is 2. The molecule has 0 saturated heterocycles. The Morgan fingerprint density at radius 2 is 2.55 bits per heavy atom. The van der Waals surface area contributed by atoms with Gasteiger partial charge in [-0.05, 0) is 11.5 Å². The minimum absolute atomic E-state index is 0.179. The molecule has 1 rings (SSSR count). The zero-order chi connectivity index (χ0) is 8.27. The second kappa shape index (κ2) is 3.45. The van der Waals surface area contributed by atoms with E-state index in [-0.39, 0.29) is 5.91 Å². The van der Waals surface area contributed by atoms with Crippen molar-refractivity contribution in [2.45, 2.75) is 0 Å². The zero-order valence-electron chi connectivity index (χ0n) is 6.27. The zero-order valence-corrected chi connectivity index (χ0v) is 7.09. The largest absolute Gasteiger partial charge is 0.279 e. The second-order valence-corrected chi connectivity index (χ2v) is 2.56. The van der Waals surface area contributed by atoms with E-state index in [4.69, 9.17) is 4.84 Å². The normalized spacial score (nSPS) is 9.64. The van der Waals surface area contributed by atoms with Crippen molar-refractivity contribution in [3.05, 3.63) is 17.1 Å². The van der Waals surface area contributed by atoms with E-state index in [9.17, 15) is 4.79 Å². The first-order valence-electron chi connectivity index (χ1n) is 2.97. The molecular formula is C6H8N2O2S. The lowest BCUT2D eigenvalue weighted by Gasteiger charge is -2.11. The second-order valence-electron chi connectivity index (χ2n) is 1.90. The summed E-state index contributed by atoms with van der Waals surface area (Å²) in [6.45, 7) is 0. The van der Waals surface area contributed by atoms with Crippen LogP contribution in [0.3, 0.4) is 0 Å². The van der Waals surface area contributed by atoms with Crippen LogP contribution in [-0.4, -0.2) is 29.5 Å². The van der Waals surface area contributed by atoms with Gasteiger partial charge in [-0.15, -0.1) is 0 Å². The van der Waals surface area contributed by atoms with Gasteiger partial charge < -0.3 is 0 Å². The van der Waals surface area contributed by atoms with Crippen molar-refractivity contribution in [3.8, 4) is 0 Å². The van der Waals surface area contributed by atoms with Gasteiger partial charge in [-0.25, -0.2) is 9.44 Å². The summed E-state index contributed by atoms with van der Waals surface area (Å²) in [7, 11) is 3.00. The quantitative estimate of drug-likeness (QED) is 0.619. The van der Waals surface area contributed by atoms with Crippen LogP contribution in [0, 0.1) is 0 Å². The predicted octanol–water partition coefficient (Wildman–Crippen LogP) is 0.776. The summed E-state index contributed by atoms with van der Waals surface area (Å²) in [6, 6.07) is 0. The van der Waals surface area contributed by atoms with Crippen molar-refractivity contribution in [1.82, 2.24) is 9.44 Å². The summed E-state index contributed by atoms with van der Waals surface area (Å²) in [5.41, 5.74) is 0.555. The van der Waals surface area contributed by atoms with Gasteiger partial charge in [0.25, 0.3) is 5.91 Å². The fraction of sp³-hybridized carbons (Fsp3) is 0.333. The van der Waals surface area contributed by atoms with E-state index >= 15 is 0 Å². The Balaban J connectivity index is 2.70. The van der Waals surface area contributed by atoms with E-state index in [0.29, 0.717) is 5.56 Å². The molecule has 11 heavy (non-hydrogen) atoms. The first-order chi connectivity index (χ1) is 5.25. The third-order valence-corrected chi connectivity index (χ3v) is 1.83. The van der Waals surface area contributed by atoms with Crippen LogP contribution in [0.1, 0.15) is 10.4 Å². The number of amides is 1. The van der Waals surface area contributed by atoms with Crippen LogP contribution in [0.5, 0.6) is 0 Å². The van der Waals surface area contributed by atoms with Crippen LogP contribution >= 0.6 is 11.5 Å². The van der Waals surface area contributed by atoms with Crippen molar-refractivity contribution in [2.75, 3.05) is 14.2 Å². The molecule has 1 aromatic heterocycles. The Morgan fingerprint density at radius 3 is 3.00 bits per heavy atom. The standard InChI is InChI=1S/C6H8N2O2S/c1-8(10-2)6(9)5-3-7-11-4-5/h3-4H,1-2H3. The molecule has 1 amide bonds. The molecule has 0 N–H and O–H groups in total. The van der Waals surface area contributed by atoms with E-state index in [0.717, 1.165) is 5.06 Å². The van der Waals surface area contributed by atoms with Crippen molar-refractivity contribution in [2.24, 2.45) is 0 Å². The van der Waals surface area contributed by atoms with Gasteiger partial charge in [0, 0.05) is 12.4 Å². The lowest BCUT2D eigenvalue weighted by Crippen LogP contribution is -2.24. The molecule has 0 spiro atoms. The lowest BCUT2D eigenvalue weighted by molar-refractivity contribution is -0.0756. The molecule has 0 aliphatic heterocycles. The van der Waals surface area contributed by atoms with Gasteiger partial charge >= 0.3 is 0 Å². The number of hydroxylamine groups is 2. The Bertz CT molecular complexity index is 235. The predicted molar refractivity (Wildman–Crippen MR) is 41.2 cm³/mol. The lowest BCUT2D eigenvalue weighted by atomic mass is 10.3. The maximum absolute atomic E-state index is 11.2. The molecule has 0 atom stereocenters. The SMILES string of the molecule is CON(C)C(=O)c1cnsc1.